The number of nitrogens with one attached hydrogen (secondary N) is 2. The van der Waals surface area contributed by atoms with Gasteiger partial charge < -0.3 is 20.3 Å². The van der Waals surface area contributed by atoms with Gasteiger partial charge in [0.1, 0.15) is 17.9 Å². The Kier molecular flexibility index (Phi) is 7.46. The first-order chi connectivity index (χ1) is 15.0. The lowest BCUT2D eigenvalue weighted by Crippen LogP contribution is -2.57. The van der Waals surface area contributed by atoms with Crippen LogP contribution in [0.2, 0.25) is 0 Å². The predicted molar refractivity (Wildman–Crippen MR) is 122 cm³/mol. The van der Waals surface area contributed by atoms with E-state index in [1.165, 1.54) is 10.6 Å². The van der Waals surface area contributed by atoms with Crippen LogP contribution in [0.15, 0.2) is 30.3 Å². The van der Waals surface area contributed by atoms with Gasteiger partial charge in [-0.1, -0.05) is 32.0 Å². The fourth-order valence-corrected chi connectivity index (χ4v) is 5.64. The number of benzene rings is 1. The van der Waals surface area contributed by atoms with Crippen molar-refractivity contribution in [2.75, 3.05) is 26.4 Å². The lowest BCUT2D eigenvalue weighted by atomic mass is 10.0. The van der Waals surface area contributed by atoms with Crippen LogP contribution in [-0.4, -0.2) is 86.1 Å². The molecular formula is C22H34N4O5S. The number of nitrogens with zero attached hydrogens (tertiary/aromatic N) is 2. The smallest absolute Gasteiger partial charge is 0.245 e. The summed E-state index contributed by atoms with van der Waals surface area (Å²) in [6.45, 7) is 6.09. The largest absolute Gasteiger partial charge is 0.487 e. The Morgan fingerprint density at radius 1 is 1.16 bits per heavy atom. The van der Waals surface area contributed by atoms with E-state index in [0.717, 1.165) is 0 Å². The normalized spacial score (nSPS) is 25.4. The number of likely N-dealkylation sites (N-methyl/N-ethyl adjacent to an activating group) is 1. The van der Waals surface area contributed by atoms with Crippen molar-refractivity contribution in [3.8, 4) is 5.75 Å². The number of hydrogen-bond acceptors (Lipinski definition) is 6. The molecule has 0 aliphatic carbocycles. The summed E-state index contributed by atoms with van der Waals surface area (Å²) in [6.07, 6.45) is 1.22. The lowest BCUT2D eigenvalue weighted by Gasteiger charge is -2.33. The Morgan fingerprint density at radius 3 is 2.38 bits per heavy atom. The Morgan fingerprint density at radius 2 is 1.81 bits per heavy atom. The molecule has 5 atom stereocenters. The molecule has 0 spiro atoms. The van der Waals surface area contributed by atoms with Crippen LogP contribution in [0.3, 0.4) is 0 Å². The minimum absolute atomic E-state index is 0.129. The maximum Gasteiger partial charge on any atom is 0.245 e. The topological polar surface area (TPSA) is 108 Å². The standard InChI is InChI=1S/C22H34N4O5S/c1-14(2)19(24-21(27)15(3)23-4)22(28)25-12-11-17-20(25)18(13-26(17)32(5,29)30)31-16-9-7-6-8-10-16/h6-10,14-15,17-20,23H,11-13H2,1-5H3,(H,24,27)/t15-,17+,18-,19-,20-/m0/s1. The monoisotopic (exact) mass is 466 g/mol. The van der Waals surface area contributed by atoms with E-state index >= 15 is 0 Å². The molecule has 2 N–H and O–H groups in total. The van der Waals surface area contributed by atoms with Gasteiger partial charge in [-0.05, 0) is 38.4 Å². The third-order valence-corrected chi connectivity index (χ3v) is 7.60. The highest BCUT2D eigenvalue weighted by atomic mass is 32.2. The van der Waals surface area contributed by atoms with Crippen molar-refractivity contribution in [2.45, 2.75) is 57.5 Å². The number of ether oxygens (including phenoxy) is 1. The van der Waals surface area contributed by atoms with E-state index in [1.807, 2.05) is 44.2 Å². The molecule has 3 rings (SSSR count). The minimum Gasteiger partial charge on any atom is -0.487 e. The van der Waals surface area contributed by atoms with Crippen LogP contribution in [0.4, 0.5) is 0 Å². The molecule has 2 aliphatic rings. The van der Waals surface area contributed by atoms with Gasteiger partial charge in [0.2, 0.25) is 21.8 Å². The van der Waals surface area contributed by atoms with Gasteiger partial charge in [0.05, 0.1) is 30.9 Å². The minimum atomic E-state index is -3.46. The number of rotatable bonds is 8. The second-order valence-electron chi connectivity index (χ2n) is 8.92. The zero-order valence-corrected chi connectivity index (χ0v) is 20.1. The fraction of sp³-hybridized carbons (Fsp3) is 0.636. The number of likely N-dealkylation sites (tertiary alicyclic amines) is 1. The maximum absolute atomic E-state index is 13.6. The molecule has 0 aromatic heterocycles. The third-order valence-electron chi connectivity index (χ3n) is 6.33. The second-order valence-corrected chi connectivity index (χ2v) is 10.9. The molecule has 0 bridgehead atoms. The molecule has 0 unspecified atom stereocenters. The van der Waals surface area contributed by atoms with Gasteiger partial charge in [0.25, 0.3) is 0 Å². The second kappa shape index (κ2) is 9.76. The maximum atomic E-state index is 13.6. The van der Waals surface area contributed by atoms with E-state index in [4.69, 9.17) is 4.74 Å². The quantitative estimate of drug-likeness (QED) is 0.575. The first-order valence-corrected chi connectivity index (χ1v) is 12.9. The van der Waals surface area contributed by atoms with Gasteiger partial charge >= 0.3 is 0 Å². The number of amides is 2. The summed E-state index contributed by atoms with van der Waals surface area (Å²) in [4.78, 5) is 27.8. The Labute approximate surface area is 190 Å². The van der Waals surface area contributed by atoms with Crippen LogP contribution < -0.4 is 15.4 Å². The average Bonchev–Trinajstić information content (AvgIpc) is 3.32. The van der Waals surface area contributed by atoms with Gasteiger partial charge in [0, 0.05) is 6.54 Å². The molecule has 2 amide bonds. The molecule has 2 saturated heterocycles. The summed E-state index contributed by atoms with van der Waals surface area (Å²) < 4.78 is 32.5. The van der Waals surface area contributed by atoms with Gasteiger partial charge in [-0.25, -0.2) is 8.42 Å². The van der Waals surface area contributed by atoms with Crippen LogP contribution >= 0.6 is 0 Å². The molecule has 1 aromatic rings. The number of fused-ring (bicyclic) bond motifs is 1. The highest BCUT2D eigenvalue weighted by molar-refractivity contribution is 7.88. The zero-order valence-electron chi connectivity index (χ0n) is 19.3. The number of carbonyl (C=O) groups is 2. The fourth-order valence-electron chi connectivity index (χ4n) is 4.50. The Bertz CT molecular complexity index is 924. The van der Waals surface area contributed by atoms with Crippen molar-refractivity contribution in [3.05, 3.63) is 30.3 Å². The van der Waals surface area contributed by atoms with Crippen molar-refractivity contribution in [3.63, 3.8) is 0 Å². The first-order valence-electron chi connectivity index (χ1n) is 11.0. The number of carbonyl (C=O) groups excluding carboxylic acids is 2. The van der Waals surface area contributed by atoms with Gasteiger partial charge in [-0.3, -0.25) is 9.59 Å². The van der Waals surface area contributed by atoms with E-state index in [0.29, 0.717) is 18.7 Å². The summed E-state index contributed by atoms with van der Waals surface area (Å²) in [5.74, 6) is 0.0376. The van der Waals surface area contributed by atoms with Crippen molar-refractivity contribution >= 4 is 21.8 Å². The van der Waals surface area contributed by atoms with Crippen LogP contribution in [0.1, 0.15) is 27.2 Å². The van der Waals surface area contributed by atoms with Gasteiger partial charge in [-0.2, -0.15) is 4.31 Å². The third kappa shape index (κ3) is 5.07. The Balaban J connectivity index is 1.87. The molecule has 2 heterocycles. The average molecular weight is 467 g/mol. The molecule has 10 heteroatoms. The van der Waals surface area contributed by atoms with E-state index < -0.39 is 34.3 Å². The van der Waals surface area contributed by atoms with E-state index in [1.54, 1.807) is 18.9 Å². The first kappa shape index (κ1) is 24.5. The van der Waals surface area contributed by atoms with Gasteiger partial charge in [0.15, 0.2) is 0 Å². The molecule has 2 aliphatic heterocycles. The summed E-state index contributed by atoms with van der Waals surface area (Å²) >= 11 is 0. The molecule has 0 radical (unpaired) electrons. The lowest BCUT2D eigenvalue weighted by molar-refractivity contribution is -0.139. The van der Waals surface area contributed by atoms with Crippen molar-refractivity contribution in [1.29, 1.82) is 0 Å². The van der Waals surface area contributed by atoms with E-state index in [-0.39, 0.29) is 30.3 Å². The molecule has 2 fully saturated rings. The van der Waals surface area contributed by atoms with Crippen LogP contribution in [0, 0.1) is 5.92 Å². The van der Waals surface area contributed by atoms with Crippen LogP contribution in [0.5, 0.6) is 5.75 Å². The number of para-hydroxylation sites is 1. The van der Waals surface area contributed by atoms with Crippen molar-refractivity contribution < 1.29 is 22.7 Å². The molecular weight excluding hydrogens is 432 g/mol. The van der Waals surface area contributed by atoms with Gasteiger partial charge in [-0.15, -0.1) is 0 Å². The molecule has 0 saturated carbocycles. The SMILES string of the molecule is CN[C@@H](C)C(=O)N[C@H](C(=O)N1CC[C@@H]2[C@H]1[C@@H](Oc1ccccc1)CN2S(C)(=O)=O)C(C)C. The Hall–Kier alpha value is -2.17. The molecule has 1 aromatic carbocycles. The van der Waals surface area contributed by atoms with Crippen molar-refractivity contribution in [1.82, 2.24) is 19.8 Å². The summed E-state index contributed by atoms with van der Waals surface area (Å²) in [5, 5.41) is 5.75. The van der Waals surface area contributed by atoms with Crippen LogP contribution in [-0.2, 0) is 19.6 Å². The number of sulfonamides is 1. The summed E-state index contributed by atoms with van der Waals surface area (Å²) in [7, 11) is -1.78. The highest BCUT2D eigenvalue weighted by Crippen LogP contribution is 2.36. The molecule has 32 heavy (non-hydrogen) atoms. The highest BCUT2D eigenvalue weighted by Gasteiger charge is 2.55. The summed E-state index contributed by atoms with van der Waals surface area (Å²) in [5.41, 5.74) is 0. The van der Waals surface area contributed by atoms with E-state index in [2.05, 4.69) is 10.6 Å². The van der Waals surface area contributed by atoms with Crippen molar-refractivity contribution in [2.24, 2.45) is 5.92 Å². The van der Waals surface area contributed by atoms with Crippen LogP contribution in [0.25, 0.3) is 0 Å². The van der Waals surface area contributed by atoms with E-state index in [9.17, 15) is 18.0 Å². The summed E-state index contributed by atoms with van der Waals surface area (Å²) in [6, 6.07) is 7.30. The zero-order chi connectivity index (χ0) is 23.6. The molecule has 9 nitrogen and oxygen atoms in total. The predicted octanol–water partition coefficient (Wildman–Crippen LogP) is 0.427. The number of hydrogen-bond donors (Lipinski definition) is 2. The molecule has 178 valence electrons.